The summed E-state index contributed by atoms with van der Waals surface area (Å²) in [6.45, 7) is 0. The molecule has 1 aliphatic rings. The average Bonchev–Trinajstić information content (AvgIpc) is 2.44. The van der Waals surface area contributed by atoms with Crippen LogP contribution in [0.1, 0.15) is 12.0 Å². The number of benzene rings is 2. The van der Waals surface area contributed by atoms with Crippen molar-refractivity contribution in [3.8, 4) is 0 Å². The highest BCUT2D eigenvalue weighted by Crippen LogP contribution is 2.38. The van der Waals surface area contributed by atoms with E-state index in [4.69, 9.17) is 28.9 Å². The minimum atomic E-state index is 0.0396. The zero-order valence-electron chi connectivity index (χ0n) is 11.0. The summed E-state index contributed by atoms with van der Waals surface area (Å²) in [7, 11) is 0. The van der Waals surface area contributed by atoms with Gasteiger partial charge < -0.3 is 11.1 Å². The second kappa shape index (κ2) is 5.79. The van der Waals surface area contributed by atoms with Gasteiger partial charge >= 0.3 is 0 Å². The Morgan fingerprint density at radius 1 is 1.10 bits per heavy atom. The van der Waals surface area contributed by atoms with Crippen molar-refractivity contribution in [1.29, 1.82) is 0 Å². The number of halogens is 2. The summed E-state index contributed by atoms with van der Waals surface area (Å²) >= 11 is 13.4. The monoisotopic (exact) mass is 338 g/mol. The molecular weight excluding hydrogens is 327 g/mol. The van der Waals surface area contributed by atoms with Crippen molar-refractivity contribution in [1.82, 2.24) is 0 Å². The standard InChI is InChI=1S/C15H12Cl2N2OS/c16-10-3-2-9(6-11(10)17)21-14-7-13-8(5-12(14)18)1-4-15(20)19-13/h2-3,5-7H,1,4,18H2,(H,19,20). The molecule has 0 unspecified atom stereocenters. The number of anilines is 2. The van der Waals surface area contributed by atoms with Crippen LogP contribution in [0.5, 0.6) is 0 Å². The maximum Gasteiger partial charge on any atom is 0.224 e. The molecule has 1 heterocycles. The number of amides is 1. The van der Waals surface area contributed by atoms with Gasteiger partial charge in [-0.2, -0.15) is 0 Å². The van der Waals surface area contributed by atoms with E-state index in [1.165, 1.54) is 11.8 Å². The molecule has 0 atom stereocenters. The molecule has 0 fully saturated rings. The fourth-order valence-electron chi connectivity index (χ4n) is 2.18. The smallest absolute Gasteiger partial charge is 0.224 e. The SMILES string of the molecule is Nc1cc2c(cc1Sc1ccc(Cl)c(Cl)c1)NC(=O)CC2. The van der Waals surface area contributed by atoms with Gasteiger partial charge in [-0.3, -0.25) is 4.79 Å². The molecule has 0 radical (unpaired) electrons. The molecule has 0 aliphatic carbocycles. The number of hydrogen-bond donors (Lipinski definition) is 2. The maximum absolute atomic E-state index is 11.5. The molecule has 6 heteroatoms. The summed E-state index contributed by atoms with van der Waals surface area (Å²) in [4.78, 5) is 13.3. The van der Waals surface area contributed by atoms with Crippen LogP contribution in [0.15, 0.2) is 40.1 Å². The summed E-state index contributed by atoms with van der Waals surface area (Å²) in [5.74, 6) is 0.0396. The van der Waals surface area contributed by atoms with Gasteiger partial charge in [0.25, 0.3) is 0 Å². The van der Waals surface area contributed by atoms with Gasteiger partial charge in [0.1, 0.15) is 0 Å². The lowest BCUT2D eigenvalue weighted by Crippen LogP contribution is -2.19. The third kappa shape index (κ3) is 3.12. The number of aryl methyl sites for hydroxylation is 1. The van der Waals surface area contributed by atoms with Crippen LogP contribution >= 0.6 is 35.0 Å². The molecule has 0 spiro atoms. The first-order valence-corrected chi connectivity index (χ1v) is 7.95. The number of carbonyl (C=O) groups excluding carboxylic acids is 1. The third-order valence-electron chi connectivity index (χ3n) is 3.25. The van der Waals surface area contributed by atoms with Crippen molar-refractivity contribution in [3.63, 3.8) is 0 Å². The summed E-state index contributed by atoms with van der Waals surface area (Å²) in [5.41, 5.74) is 8.71. The van der Waals surface area contributed by atoms with Crippen LogP contribution in [0, 0.1) is 0 Å². The average molecular weight is 339 g/mol. The van der Waals surface area contributed by atoms with Crippen LogP contribution < -0.4 is 11.1 Å². The fraction of sp³-hybridized carbons (Fsp3) is 0.133. The lowest BCUT2D eigenvalue weighted by Gasteiger charge is -2.19. The van der Waals surface area contributed by atoms with E-state index in [-0.39, 0.29) is 5.91 Å². The van der Waals surface area contributed by atoms with Crippen LogP contribution in [0.4, 0.5) is 11.4 Å². The Balaban J connectivity index is 1.93. The van der Waals surface area contributed by atoms with Crippen molar-refractivity contribution >= 4 is 52.2 Å². The van der Waals surface area contributed by atoms with E-state index in [2.05, 4.69) is 5.32 Å². The second-order valence-corrected chi connectivity index (χ2v) is 6.70. The molecule has 21 heavy (non-hydrogen) atoms. The van der Waals surface area contributed by atoms with E-state index in [0.29, 0.717) is 22.2 Å². The quantitative estimate of drug-likeness (QED) is 0.786. The Bertz CT molecular complexity index is 734. The second-order valence-electron chi connectivity index (χ2n) is 4.77. The van der Waals surface area contributed by atoms with Crippen LogP contribution in [0.3, 0.4) is 0 Å². The molecule has 2 aromatic carbocycles. The van der Waals surface area contributed by atoms with Gasteiger partial charge in [-0.25, -0.2) is 0 Å². The molecule has 0 bridgehead atoms. The van der Waals surface area contributed by atoms with Crippen LogP contribution in [-0.4, -0.2) is 5.91 Å². The van der Waals surface area contributed by atoms with E-state index in [9.17, 15) is 4.79 Å². The first-order chi connectivity index (χ1) is 10.0. The van der Waals surface area contributed by atoms with E-state index in [1.807, 2.05) is 18.2 Å². The van der Waals surface area contributed by atoms with E-state index in [0.717, 1.165) is 27.5 Å². The molecule has 1 aliphatic heterocycles. The Labute approximate surface area is 136 Å². The Morgan fingerprint density at radius 2 is 1.90 bits per heavy atom. The summed E-state index contributed by atoms with van der Waals surface area (Å²) in [6, 6.07) is 9.27. The highest BCUT2D eigenvalue weighted by atomic mass is 35.5. The topological polar surface area (TPSA) is 55.1 Å². The van der Waals surface area contributed by atoms with Gasteiger partial charge in [-0.1, -0.05) is 35.0 Å². The van der Waals surface area contributed by atoms with E-state index in [1.54, 1.807) is 12.1 Å². The largest absolute Gasteiger partial charge is 0.398 e. The molecule has 3 rings (SSSR count). The normalized spacial score (nSPS) is 13.7. The van der Waals surface area contributed by atoms with Crippen LogP contribution in [0.2, 0.25) is 10.0 Å². The summed E-state index contributed by atoms with van der Waals surface area (Å²) < 4.78 is 0. The molecule has 0 aromatic heterocycles. The van der Waals surface area contributed by atoms with Gasteiger partial charge in [0, 0.05) is 27.6 Å². The number of nitrogen functional groups attached to an aromatic ring is 1. The predicted molar refractivity (Wildman–Crippen MR) is 88.4 cm³/mol. The van der Waals surface area contributed by atoms with Crippen LogP contribution in [0.25, 0.3) is 0 Å². The molecule has 3 nitrogen and oxygen atoms in total. The van der Waals surface area contributed by atoms with Gasteiger partial charge in [-0.15, -0.1) is 0 Å². The molecule has 0 saturated carbocycles. The Hall–Kier alpha value is -1.36. The minimum Gasteiger partial charge on any atom is -0.398 e. The highest BCUT2D eigenvalue weighted by molar-refractivity contribution is 7.99. The predicted octanol–water partition coefficient (Wildman–Crippen LogP) is 4.61. The van der Waals surface area contributed by atoms with Crippen molar-refractivity contribution < 1.29 is 4.79 Å². The van der Waals surface area contributed by atoms with Gasteiger partial charge in [0.15, 0.2) is 0 Å². The Morgan fingerprint density at radius 3 is 2.67 bits per heavy atom. The van der Waals surface area contributed by atoms with Gasteiger partial charge in [0.05, 0.1) is 10.0 Å². The zero-order valence-corrected chi connectivity index (χ0v) is 13.3. The molecule has 3 N–H and O–H groups in total. The number of carbonyl (C=O) groups is 1. The van der Waals surface area contributed by atoms with Crippen molar-refractivity contribution in [2.75, 3.05) is 11.1 Å². The first kappa shape index (κ1) is 14.6. The number of nitrogens with one attached hydrogen (secondary N) is 1. The van der Waals surface area contributed by atoms with E-state index < -0.39 is 0 Å². The highest BCUT2D eigenvalue weighted by Gasteiger charge is 2.17. The van der Waals surface area contributed by atoms with E-state index >= 15 is 0 Å². The first-order valence-electron chi connectivity index (χ1n) is 6.38. The lowest BCUT2D eigenvalue weighted by atomic mass is 10.0. The molecular formula is C15H12Cl2N2OS. The molecule has 108 valence electrons. The van der Waals surface area contributed by atoms with Crippen molar-refractivity contribution in [2.45, 2.75) is 22.6 Å². The maximum atomic E-state index is 11.5. The Kier molecular flexibility index (Phi) is 4.02. The number of nitrogens with two attached hydrogens (primary N) is 1. The minimum absolute atomic E-state index is 0.0396. The number of rotatable bonds is 2. The van der Waals surface area contributed by atoms with Gasteiger partial charge in [-0.05, 0) is 42.3 Å². The van der Waals surface area contributed by atoms with Gasteiger partial charge in [0.2, 0.25) is 5.91 Å². The van der Waals surface area contributed by atoms with Crippen molar-refractivity contribution in [2.24, 2.45) is 0 Å². The molecule has 1 amide bonds. The number of fused-ring (bicyclic) bond motifs is 1. The van der Waals surface area contributed by atoms with Crippen LogP contribution in [-0.2, 0) is 11.2 Å². The fourth-order valence-corrected chi connectivity index (χ4v) is 3.47. The summed E-state index contributed by atoms with van der Waals surface area (Å²) in [5, 5.41) is 3.90. The van der Waals surface area contributed by atoms with Crippen molar-refractivity contribution in [3.05, 3.63) is 45.9 Å². The molecule has 2 aromatic rings. The number of hydrogen-bond acceptors (Lipinski definition) is 3. The third-order valence-corrected chi connectivity index (χ3v) is 5.05. The summed E-state index contributed by atoms with van der Waals surface area (Å²) in [6.07, 6.45) is 1.23. The molecule has 0 saturated heterocycles. The zero-order chi connectivity index (χ0) is 15.0. The lowest BCUT2D eigenvalue weighted by molar-refractivity contribution is -0.116.